The Morgan fingerprint density at radius 1 is 1.35 bits per heavy atom. The van der Waals surface area contributed by atoms with E-state index >= 15 is 0 Å². The molecule has 2 rings (SSSR count). The number of hydrogen-bond acceptors (Lipinski definition) is 5. The third kappa shape index (κ3) is 5.52. The highest BCUT2D eigenvalue weighted by Gasteiger charge is 2.26. The lowest BCUT2D eigenvalue weighted by molar-refractivity contribution is -0.149. The number of para-hydroxylation sites is 1. The van der Waals surface area contributed by atoms with Gasteiger partial charge in [-0.05, 0) is 51.4 Å². The second-order valence-electron chi connectivity index (χ2n) is 6.06. The number of nitrogens with zero attached hydrogens (tertiary/aromatic N) is 1. The molecule has 0 unspecified atom stereocenters. The number of benzene rings is 1. The van der Waals surface area contributed by atoms with E-state index in [1.54, 1.807) is 0 Å². The molecule has 0 spiro atoms. The van der Waals surface area contributed by atoms with E-state index in [-0.39, 0.29) is 18.5 Å². The van der Waals surface area contributed by atoms with Crippen LogP contribution in [0.25, 0.3) is 0 Å². The van der Waals surface area contributed by atoms with Crippen LogP contribution in [-0.2, 0) is 9.53 Å². The van der Waals surface area contributed by atoms with E-state index in [1.807, 2.05) is 38.1 Å². The molecule has 23 heavy (non-hydrogen) atoms. The Labute approximate surface area is 138 Å². The fourth-order valence-corrected chi connectivity index (χ4v) is 2.87. The normalized spacial score (nSPS) is 17.7. The van der Waals surface area contributed by atoms with Crippen LogP contribution in [0.2, 0.25) is 0 Å². The highest BCUT2D eigenvalue weighted by Crippen LogP contribution is 2.19. The maximum atomic E-state index is 11.7. The first-order chi connectivity index (χ1) is 11.1. The number of rotatable bonds is 7. The predicted molar refractivity (Wildman–Crippen MR) is 88.5 cm³/mol. The molecule has 1 atom stereocenters. The number of piperidine rings is 1. The maximum absolute atomic E-state index is 11.7. The second kappa shape index (κ2) is 8.89. The van der Waals surface area contributed by atoms with Crippen molar-refractivity contribution < 1.29 is 19.4 Å². The van der Waals surface area contributed by atoms with Gasteiger partial charge in [0.25, 0.3) is 0 Å². The molecular weight excluding hydrogens is 294 g/mol. The van der Waals surface area contributed by atoms with E-state index < -0.39 is 6.10 Å². The minimum absolute atomic E-state index is 0.00608. The van der Waals surface area contributed by atoms with Crippen LogP contribution in [0.3, 0.4) is 0 Å². The Bertz CT molecular complexity index is 498. The summed E-state index contributed by atoms with van der Waals surface area (Å²) in [6.45, 7) is 6.73. The molecule has 1 aliphatic heterocycles. The third-order valence-corrected chi connectivity index (χ3v) is 4.20. The standard InChI is InChI=1S/C18H27NO4/c1-3-22-18(21)15-8-10-19(11-9-15)12-16(20)13-23-17-7-5-4-6-14(17)2/h4-7,15-16,20H,3,8-13H2,1-2H3/t16-/m0/s1. The van der Waals surface area contributed by atoms with E-state index in [1.165, 1.54) is 0 Å². The van der Waals surface area contributed by atoms with Gasteiger partial charge in [0.15, 0.2) is 0 Å². The summed E-state index contributed by atoms with van der Waals surface area (Å²) in [5, 5.41) is 10.2. The zero-order valence-electron chi connectivity index (χ0n) is 14.0. The van der Waals surface area contributed by atoms with Crippen LogP contribution in [-0.4, -0.2) is 54.9 Å². The maximum Gasteiger partial charge on any atom is 0.309 e. The highest BCUT2D eigenvalue weighted by molar-refractivity contribution is 5.72. The number of aliphatic hydroxyl groups is 1. The lowest BCUT2D eigenvalue weighted by atomic mass is 9.97. The van der Waals surface area contributed by atoms with Gasteiger partial charge in [-0.15, -0.1) is 0 Å². The van der Waals surface area contributed by atoms with Crippen LogP contribution in [0.5, 0.6) is 5.75 Å². The molecule has 1 saturated heterocycles. The molecule has 1 heterocycles. The summed E-state index contributed by atoms with van der Waals surface area (Å²) in [7, 11) is 0. The van der Waals surface area contributed by atoms with E-state index in [0.717, 1.165) is 37.2 Å². The minimum Gasteiger partial charge on any atom is -0.491 e. The lowest BCUT2D eigenvalue weighted by Gasteiger charge is -2.32. The average molecular weight is 321 g/mol. The smallest absolute Gasteiger partial charge is 0.309 e. The molecule has 0 bridgehead atoms. The van der Waals surface area contributed by atoms with Crippen molar-refractivity contribution in [2.24, 2.45) is 5.92 Å². The van der Waals surface area contributed by atoms with Crippen molar-refractivity contribution in [3.63, 3.8) is 0 Å². The molecule has 1 aromatic rings. The average Bonchev–Trinajstić information content (AvgIpc) is 2.55. The Balaban J connectivity index is 1.69. The number of esters is 1. The predicted octanol–water partition coefficient (Wildman–Crippen LogP) is 2.01. The molecule has 0 amide bonds. The monoisotopic (exact) mass is 321 g/mol. The van der Waals surface area contributed by atoms with Crippen molar-refractivity contribution in [1.29, 1.82) is 0 Å². The van der Waals surface area contributed by atoms with Crippen molar-refractivity contribution in [1.82, 2.24) is 4.90 Å². The van der Waals surface area contributed by atoms with Gasteiger partial charge in [0.2, 0.25) is 0 Å². The summed E-state index contributed by atoms with van der Waals surface area (Å²) in [6.07, 6.45) is 1.06. The van der Waals surface area contributed by atoms with Crippen LogP contribution >= 0.6 is 0 Å². The fourth-order valence-electron chi connectivity index (χ4n) is 2.87. The molecule has 1 N–H and O–H groups in total. The van der Waals surface area contributed by atoms with Gasteiger partial charge in [0, 0.05) is 6.54 Å². The van der Waals surface area contributed by atoms with Crippen LogP contribution < -0.4 is 4.74 Å². The molecule has 1 fully saturated rings. The summed E-state index contributed by atoms with van der Waals surface area (Å²) in [5.74, 6) is 0.731. The van der Waals surface area contributed by atoms with Gasteiger partial charge in [0.1, 0.15) is 18.5 Å². The first-order valence-electron chi connectivity index (χ1n) is 8.35. The first kappa shape index (κ1) is 17.8. The van der Waals surface area contributed by atoms with E-state index in [4.69, 9.17) is 9.47 Å². The van der Waals surface area contributed by atoms with Crippen molar-refractivity contribution >= 4 is 5.97 Å². The zero-order valence-corrected chi connectivity index (χ0v) is 14.0. The molecule has 0 aromatic heterocycles. The molecule has 0 radical (unpaired) electrons. The number of β-amino-alcohol motifs (C(OH)–C–C–N with tert-alkyl or cyclic N) is 1. The van der Waals surface area contributed by atoms with Gasteiger partial charge in [-0.25, -0.2) is 0 Å². The van der Waals surface area contributed by atoms with Crippen molar-refractivity contribution in [3.8, 4) is 5.75 Å². The molecule has 1 aliphatic rings. The Morgan fingerprint density at radius 2 is 2.04 bits per heavy atom. The molecule has 128 valence electrons. The van der Waals surface area contributed by atoms with Crippen LogP contribution in [0.4, 0.5) is 0 Å². The van der Waals surface area contributed by atoms with Gasteiger partial charge >= 0.3 is 5.97 Å². The van der Waals surface area contributed by atoms with Crippen molar-refractivity contribution in [2.75, 3.05) is 32.8 Å². The topological polar surface area (TPSA) is 59.0 Å². The number of aryl methyl sites for hydroxylation is 1. The molecule has 5 heteroatoms. The lowest BCUT2D eigenvalue weighted by Crippen LogP contribution is -2.42. The molecular formula is C18H27NO4. The molecule has 0 aliphatic carbocycles. The second-order valence-corrected chi connectivity index (χ2v) is 6.06. The molecule has 5 nitrogen and oxygen atoms in total. The first-order valence-corrected chi connectivity index (χ1v) is 8.35. The van der Waals surface area contributed by atoms with E-state index in [9.17, 15) is 9.90 Å². The summed E-state index contributed by atoms with van der Waals surface area (Å²) in [4.78, 5) is 13.9. The molecule has 1 aromatic carbocycles. The van der Waals surface area contributed by atoms with E-state index in [2.05, 4.69) is 4.90 Å². The van der Waals surface area contributed by atoms with Gasteiger partial charge in [0.05, 0.1) is 12.5 Å². The van der Waals surface area contributed by atoms with Crippen LogP contribution in [0.1, 0.15) is 25.3 Å². The fraction of sp³-hybridized carbons (Fsp3) is 0.611. The molecule has 0 saturated carbocycles. The summed E-state index contributed by atoms with van der Waals surface area (Å²) < 4.78 is 10.8. The van der Waals surface area contributed by atoms with Gasteiger partial charge in [-0.3, -0.25) is 4.79 Å². The Kier molecular flexibility index (Phi) is 6.86. The number of aliphatic hydroxyl groups excluding tert-OH is 1. The summed E-state index contributed by atoms with van der Waals surface area (Å²) in [6, 6.07) is 7.79. The van der Waals surface area contributed by atoms with Crippen molar-refractivity contribution in [3.05, 3.63) is 29.8 Å². The number of ether oxygens (including phenoxy) is 2. The Morgan fingerprint density at radius 3 is 2.70 bits per heavy atom. The largest absolute Gasteiger partial charge is 0.491 e. The van der Waals surface area contributed by atoms with Gasteiger partial charge in [-0.1, -0.05) is 18.2 Å². The van der Waals surface area contributed by atoms with Gasteiger partial charge < -0.3 is 19.5 Å². The van der Waals surface area contributed by atoms with Crippen LogP contribution in [0.15, 0.2) is 24.3 Å². The number of carbonyl (C=O) groups excluding carboxylic acids is 1. The van der Waals surface area contributed by atoms with E-state index in [0.29, 0.717) is 13.2 Å². The van der Waals surface area contributed by atoms with Gasteiger partial charge in [-0.2, -0.15) is 0 Å². The highest BCUT2D eigenvalue weighted by atomic mass is 16.5. The minimum atomic E-state index is -0.534. The number of carbonyl (C=O) groups is 1. The Hall–Kier alpha value is -1.59. The third-order valence-electron chi connectivity index (χ3n) is 4.20. The van der Waals surface area contributed by atoms with Crippen molar-refractivity contribution in [2.45, 2.75) is 32.8 Å². The number of hydrogen-bond donors (Lipinski definition) is 1. The number of likely N-dealkylation sites (tertiary alicyclic amines) is 1. The summed E-state index contributed by atoms with van der Waals surface area (Å²) in [5.41, 5.74) is 1.06. The van der Waals surface area contributed by atoms with Crippen LogP contribution in [0, 0.1) is 12.8 Å². The zero-order chi connectivity index (χ0) is 16.7. The SMILES string of the molecule is CCOC(=O)C1CCN(C[C@H](O)COc2ccccc2C)CC1. The quantitative estimate of drug-likeness (QED) is 0.779. The summed E-state index contributed by atoms with van der Waals surface area (Å²) >= 11 is 0.